The highest BCUT2D eigenvalue weighted by Crippen LogP contribution is 2.19. The topological polar surface area (TPSA) is 27.7 Å². The van der Waals surface area contributed by atoms with Crippen molar-refractivity contribution in [2.75, 3.05) is 21.3 Å². The van der Waals surface area contributed by atoms with E-state index in [0.29, 0.717) is 0 Å². The summed E-state index contributed by atoms with van der Waals surface area (Å²) >= 11 is 0. The molecular formula is C13H22O3Si. The highest BCUT2D eigenvalue weighted by Gasteiger charge is 2.43. The van der Waals surface area contributed by atoms with E-state index in [1.54, 1.807) is 21.3 Å². The van der Waals surface area contributed by atoms with Crippen LogP contribution in [0.15, 0.2) is 6.07 Å². The first-order valence-corrected chi connectivity index (χ1v) is 7.39. The standard InChI is InChI=1S/C13H22O3Si/c1-9-8-10(2)12(4)13(11(9)3)17(14-5,15-6)16-7/h8H,1-7H3. The summed E-state index contributed by atoms with van der Waals surface area (Å²) < 4.78 is 16.8. The van der Waals surface area contributed by atoms with Crippen molar-refractivity contribution >= 4 is 14.0 Å². The summed E-state index contributed by atoms with van der Waals surface area (Å²) in [5, 5.41) is 1.10. The number of hydrogen-bond donors (Lipinski definition) is 0. The fourth-order valence-corrected chi connectivity index (χ4v) is 4.66. The Morgan fingerprint density at radius 1 is 0.765 bits per heavy atom. The molecule has 0 aliphatic rings. The fraction of sp³-hybridized carbons (Fsp3) is 0.538. The molecule has 0 aliphatic heterocycles. The lowest BCUT2D eigenvalue weighted by atomic mass is 10.0. The number of rotatable bonds is 4. The highest BCUT2D eigenvalue weighted by molar-refractivity contribution is 6.76. The van der Waals surface area contributed by atoms with Crippen LogP contribution in [0.4, 0.5) is 0 Å². The predicted molar refractivity (Wildman–Crippen MR) is 71.8 cm³/mol. The van der Waals surface area contributed by atoms with Gasteiger partial charge < -0.3 is 13.3 Å². The summed E-state index contributed by atoms with van der Waals surface area (Å²) in [6.45, 7) is 8.39. The minimum Gasteiger partial charge on any atom is -0.373 e. The minimum atomic E-state index is -2.75. The Kier molecular flexibility index (Phi) is 4.49. The van der Waals surface area contributed by atoms with E-state index in [1.807, 2.05) is 0 Å². The first-order valence-electron chi connectivity index (χ1n) is 5.66. The van der Waals surface area contributed by atoms with Crippen LogP contribution in [0.25, 0.3) is 0 Å². The number of aryl methyl sites for hydroxylation is 2. The Hall–Kier alpha value is -0.683. The molecule has 0 amide bonds. The third kappa shape index (κ3) is 2.31. The van der Waals surface area contributed by atoms with Crippen molar-refractivity contribution in [1.29, 1.82) is 0 Å². The predicted octanol–water partition coefficient (Wildman–Crippen LogP) is 2.01. The van der Waals surface area contributed by atoms with Gasteiger partial charge in [0.15, 0.2) is 0 Å². The maximum atomic E-state index is 5.59. The molecular weight excluding hydrogens is 232 g/mol. The molecule has 0 aliphatic carbocycles. The van der Waals surface area contributed by atoms with Gasteiger partial charge in [0.05, 0.1) is 0 Å². The molecule has 0 spiro atoms. The van der Waals surface area contributed by atoms with E-state index in [9.17, 15) is 0 Å². The Labute approximate surface area is 105 Å². The maximum Gasteiger partial charge on any atom is 0.536 e. The van der Waals surface area contributed by atoms with Crippen molar-refractivity contribution in [3.8, 4) is 0 Å². The molecule has 1 aromatic carbocycles. The highest BCUT2D eigenvalue weighted by atomic mass is 28.4. The van der Waals surface area contributed by atoms with Gasteiger partial charge in [-0.05, 0) is 49.9 Å². The zero-order chi connectivity index (χ0) is 13.2. The monoisotopic (exact) mass is 254 g/mol. The molecule has 17 heavy (non-hydrogen) atoms. The van der Waals surface area contributed by atoms with Gasteiger partial charge in [0.25, 0.3) is 0 Å². The molecule has 0 unspecified atom stereocenters. The summed E-state index contributed by atoms with van der Waals surface area (Å²) in [6, 6.07) is 2.19. The van der Waals surface area contributed by atoms with Gasteiger partial charge in [-0.2, -0.15) is 0 Å². The summed E-state index contributed by atoms with van der Waals surface area (Å²) in [5.41, 5.74) is 4.88. The Balaban J connectivity index is 3.58. The summed E-state index contributed by atoms with van der Waals surface area (Å²) in [4.78, 5) is 0. The zero-order valence-electron chi connectivity index (χ0n) is 11.8. The van der Waals surface area contributed by atoms with E-state index in [2.05, 4.69) is 33.8 Å². The van der Waals surface area contributed by atoms with Crippen LogP contribution >= 0.6 is 0 Å². The van der Waals surface area contributed by atoms with E-state index in [-0.39, 0.29) is 0 Å². The molecule has 1 aromatic rings. The Morgan fingerprint density at radius 2 is 1.12 bits per heavy atom. The lowest BCUT2D eigenvalue weighted by Gasteiger charge is -2.29. The molecule has 3 nitrogen and oxygen atoms in total. The second-order valence-corrected chi connectivity index (χ2v) is 7.14. The molecule has 0 fully saturated rings. The van der Waals surface area contributed by atoms with Gasteiger partial charge in [-0.15, -0.1) is 0 Å². The fourth-order valence-electron chi connectivity index (χ4n) is 2.23. The molecule has 0 N–H and O–H groups in total. The molecule has 0 atom stereocenters. The van der Waals surface area contributed by atoms with Crippen molar-refractivity contribution in [2.45, 2.75) is 27.7 Å². The average molecular weight is 254 g/mol. The Morgan fingerprint density at radius 3 is 1.41 bits per heavy atom. The van der Waals surface area contributed by atoms with E-state index in [1.165, 1.54) is 22.3 Å². The van der Waals surface area contributed by atoms with Gasteiger partial charge in [-0.3, -0.25) is 0 Å². The van der Waals surface area contributed by atoms with Crippen LogP contribution in [0.1, 0.15) is 22.3 Å². The van der Waals surface area contributed by atoms with Crippen molar-refractivity contribution < 1.29 is 13.3 Å². The Bertz CT molecular complexity index is 377. The van der Waals surface area contributed by atoms with Gasteiger partial charge >= 0.3 is 8.80 Å². The van der Waals surface area contributed by atoms with Crippen LogP contribution in [0.3, 0.4) is 0 Å². The van der Waals surface area contributed by atoms with Crippen molar-refractivity contribution in [3.63, 3.8) is 0 Å². The first-order chi connectivity index (χ1) is 7.93. The normalized spacial score (nSPS) is 11.9. The third-order valence-electron chi connectivity index (χ3n) is 3.48. The van der Waals surface area contributed by atoms with Crippen LogP contribution < -0.4 is 5.19 Å². The van der Waals surface area contributed by atoms with Crippen LogP contribution in [-0.4, -0.2) is 30.1 Å². The molecule has 0 radical (unpaired) electrons. The van der Waals surface area contributed by atoms with Gasteiger partial charge in [0, 0.05) is 26.5 Å². The van der Waals surface area contributed by atoms with E-state index < -0.39 is 8.80 Å². The van der Waals surface area contributed by atoms with Gasteiger partial charge in [-0.25, -0.2) is 0 Å². The minimum absolute atomic E-state index is 1.10. The molecule has 1 rings (SSSR count). The second kappa shape index (κ2) is 5.31. The summed E-state index contributed by atoms with van der Waals surface area (Å²) in [6.07, 6.45) is 0. The molecule has 0 bridgehead atoms. The number of benzene rings is 1. The molecule has 0 saturated heterocycles. The zero-order valence-corrected chi connectivity index (χ0v) is 12.8. The SMILES string of the molecule is CO[Si](OC)(OC)c1c(C)c(C)cc(C)c1C. The van der Waals surface area contributed by atoms with Crippen LogP contribution in [-0.2, 0) is 13.3 Å². The molecule has 96 valence electrons. The maximum absolute atomic E-state index is 5.59. The van der Waals surface area contributed by atoms with Crippen molar-refractivity contribution in [2.24, 2.45) is 0 Å². The summed E-state index contributed by atoms with van der Waals surface area (Å²) in [7, 11) is 2.20. The van der Waals surface area contributed by atoms with Crippen molar-refractivity contribution in [1.82, 2.24) is 0 Å². The van der Waals surface area contributed by atoms with Gasteiger partial charge in [0.2, 0.25) is 0 Å². The molecule has 4 heteroatoms. The lowest BCUT2D eigenvalue weighted by molar-refractivity contribution is 0.140. The lowest BCUT2D eigenvalue weighted by Crippen LogP contribution is -2.57. The van der Waals surface area contributed by atoms with Gasteiger partial charge in [0.1, 0.15) is 0 Å². The number of hydrogen-bond acceptors (Lipinski definition) is 3. The average Bonchev–Trinajstić information content (AvgIpc) is 2.33. The molecule has 0 aromatic heterocycles. The van der Waals surface area contributed by atoms with Crippen molar-refractivity contribution in [3.05, 3.63) is 28.3 Å². The smallest absolute Gasteiger partial charge is 0.373 e. The van der Waals surface area contributed by atoms with Crippen LogP contribution in [0.2, 0.25) is 0 Å². The summed E-state index contributed by atoms with van der Waals surface area (Å²) in [5.74, 6) is 0. The van der Waals surface area contributed by atoms with Gasteiger partial charge in [-0.1, -0.05) is 6.07 Å². The van der Waals surface area contributed by atoms with E-state index >= 15 is 0 Å². The largest absolute Gasteiger partial charge is 0.536 e. The van der Waals surface area contributed by atoms with Crippen LogP contribution in [0.5, 0.6) is 0 Å². The first kappa shape index (κ1) is 14.4. The molecule has 0 heterocycles. The molecule has 0 saturated carbocycles. The third-order valence-corrected chi connectivity index (χ3v) is 6.45. The quantitative estimate of drug-likeness (QED) is 0.769. The second-order valence-electron chi connectivity index (χ2n) is 4.30. The van der Waals surface area contributed by atoms with E-state index in [0.717, 1.165) is 5.19 Å². The van der Waals surface area contributed by atoms with Crippen LogP contribution in [0, 0.1) is 27.7 Å². The van der Waals surface area contributed by atoms with E-state index in [4.69, 9.17) is 13.3 Å².